The Labute approximate surface area is 171 Å². The summed E-state index contributed by atoms with van der Waals surface area (Å²) in [5.74, 6) is -1.24. The second-order valence-corrected chi connectivity index (χ2v) is 7.12. The van der Waals surface area contributed by atoms with Crippen LogP contribution in [0.15, 0.2) is 54.9 Å². The van der Waals surface area contributed by atoms with Crippen molar-refractivity contribution in [1.29, 1.82) is 0 Å². The van der Waals surface area contributed by atoms with E-state index in [0.29, 0.717) is 26.8 Å². The van der Waals surface area contributed by atoms with Crippen LogP contribution in [0.2, 0.25) is 0 Å². The summed E-state index contributed by atoms with van der Waals surface area (Å²) < 4.78 is 32.5. The number of hydrogen-bond donors (Lipinski definition) is 1. The van der Waals surface area contributed by atoms with Gasteiger partial charge in [0.15, 0.2) is 5.13 Å². The van der Waals surface area contributed by atoms with Crippen molar-refractivity contribution in [2.75, 3.05) is 12.4 Å². The number of halogens is 2. The molecule has 3 rings (SSSR count). The lowest BCUT2D eigenvalue weighted by molar-refractivity contribution is 0.0600. The normalized spacial score (nSPS) is 11.2. The molecule has 4 nitrogen and oxygen atoms in total. The molecule has 0 radical (unpaired) electrons. The molecule has 1 aromatic heterocycles. The molecule has 0 amide bonds. The summed E-state index contributed by atoms with van der Waals surface area (Å²) in [5.41, 5.74) is 2.61. The Bertz CT molecular complexity index is 1080. The number of carbonyl (C=O) groups is 1. The summed E-state index contributed by atoms with van der Waals surface area (Å²) in [6, 6.07) is 11.5. The van der Waals surface area contributed by atoms with Gasteiger partial charge in [0.25, 0.3) is 0 Å². The molecule has 0 spiro atoms. The standard InChI is InChI=1S/C22H18F2N2O2S/c1-4-18-20(11-13(2)23)29-22(25-18)26-19-10-9-16(12-17(19)24)14-5-7-15(8-6-14)21(27)28-3/h4-12H,1H2,2-3H3,(H,25,26)/b13-11+. The summed E-state index contributed by atoms with van der Waals surface area (Å²) in [7, 11) is 1.32. The molecule has 0 aliphatic carbocycles. The van der Waals surface area contributed by atoms with E-state index in [2.05, 4.69) is 21.6 Å². The van der Waals surface area contributed by atoms with Crippen LogP contribution in [0.4, 0.5) is 19.6 Å². The number of methoxy groups -OCH3 is 1. The number of allylic oxidation sites excluding steroid dienone is 1. The number of nitrogens with one attached hydrogen (secondary N) is 1. The van der Waals surface area contributed by atoms with Gasteiger partial charge in [0.2, 0.25) is 0 Å². The van der Waals surface area contributed by atoms with E-state index in [4.69, 9.17) is 0 Å². The highest BCUT2D eigenvalue weighted by Gasteiger charge is 2.11. The van der Waals surface area contributed by atoms with Gasteiger partial charge >= 0.3 is 5.97 Å². The Morgan fingerprint density at radius 3 is 2.48 bits per heavy atom. The molecule has 29 heavy (non-hydrogen) atoms. The maximum absolute atomic E-state index is 14.6. The van der Waals surface area contributed by atoms with Crippen molar-refractivity contribution in [2.24, 2.45) is 0 Å². The van der Waals surface area contributed by atoms with E-state index in [9.17, 15) is 13.6 Å². The molecule has 3 aromatic rings. The molecule has 0 aliphatic rings. The third-order valence-corrected chi connectivity index (χ3v) is 4.99. The van der Waals surface area contributed by atoms with Crippen LogP contribution < -0.4 is 5.32 Å². The lowest BCUT2D eigenvalue weighted by Gasteiger charge is -2.08. The van der Waals surface area contributed by atoms with E-state index < -0.39 is 11.8 Å². The fourth-order valence-electron chi connectivity index (χ4n) is 2.66. The van der Waals surface area contributed by atoms with Crippen LogP contribution in [0.5, 0.6) is 0 Å². The third kappa shape index (κ3) is 4.75. The molecular weight excluding hydrogens is 394 g/mol. The van der Waals surface area contributed by atoms with E-state index in [1.54, 1.807) is 36.4 Å². The Balaban J connectivity index is 1.83. The van der Waals surface area contributed by atoms with Gasteiger partial charge in [0, 0.05) is 0 Å². The van der Waals surface area contributed by atoms with Gasteiger partial charge in [-0.05, 0) is 54.5 Å². The van der Waals surface area contributed by atoms with Crippen molar-refractivity contribution >= 4 is 40.3 Å². The summed E-state index contributed by atoms with van der Waals surface area (Å²) >= 11 is 1.20. The molecule has 0 unspecified atom stereocenters. The number of esters is 1. The molecule has 0 saturated heterocycles. The van der Waals surface area contributed by atoms with E-state index in [1.807, 2.05) is 0 Å². The first-order chi connectivity index (χ1) is 13.9. The SMILES string of the molecule is C=Cc1nc(Nc2ccc(-c3ccc(C(=O)OC)cc3)cc2F)sc1/C=C(\C)F. The Hall–Kier alpha value is -3.32. The number of aromatic nitrogens is 1. The van der Waals surface area contributed by atoms with Gasteiger partial charge in [-0.25, -0.2) is 18.6 Å². The minimum atomic E-state index is -0.464. The van der Waals surface area contributed by atoms with Crippen LogP contribution in [-0.4, -0.2) is 18.1 Å². The van der Waals surface area contributed by atoms with Gasteiger partial charge in [-0.15, -0.1) is 0 Å². The van der Waals surface area contributed by atoms with Crippen molar-refractivity contribution in [3.63, 3.8) is 0 Å². The van der Waals surface area contributed by atoms with Crippen molar-refractivity contribution in [3.05, 3.63) is 76.8 Å². The Kier molecular flexibility index (Phi) is 6.19. The maximum Gasteiger partial charge on any atom is 0.337 e. The quantitative estimate of drug-likeness (QED) is 0.473. The average Bonchev–Trinajstić information content (AvgIpc) is 3.09. The van der Waals surface area contributed by atoms with Crippen molar-refractivity contribution in [1.82, 2.24) is 4.98 Å². The number of rotatable bonds is 6. The molecule has 0 atom stereocenters. The molecule has 0 saturated carbocycles. The maximum atomic E-state index is 14.6. The first-order valence-corrected chi connectivity index (χ1v) is 9.45. The van der Waals surface area contributed by atoms with Crippen LogP contribution in [0.25, 0.3) is 23.3 Å². The number of ether oxygens (including phenoxy) is 1. The van der Waals surface area contributed by atoms with Gasteiger partial charge < -0.3 is 10.1 Å². The number of benzene rings is 2. The lowest BCUT2D eigenvalue weighted by atomic mass is 10.0. The molecule has 7 heteroatoms. The Morgan fingerprint density at radius 2 is 1.90 bits per heavy atom. The number of anilines is 2. The highest BCUT2D eigenvalue weighted by Crippen LogP contribution is 2.31. The summed E-state index contributed by atoms with van der Waals surface area (Å²) in [4.78, 5) is 16.4. The minimum Gasteiger partial charge on any atom is -0.465 e. The second kappa shape index (κ2) is 8.79. The molecule has 0 fully saturated rings. The lowest BCUT2D eigenvalue weighted by Crippen LogP contribution is -2.00. The fourth-order valence-corrected chi connectivity index (χ4v) is 3.62. The van der Waals surface area contributed by atoms with Crippen LogP contribution in [-0.2, 0) is 4.74 Å². The largest absolute Gasteiger partial charge is 0.465 e. The van der Waals surface area contributed by atoms with E-state index in [1.165, 1.54) is 43.6 Å². The molecular formula is C22H18F2N2O2S. The van der Waals surface area contributed by atoms with Crippen LogP contribution >= 0.6 is 11.3 Å². The minimum absolute atomic E-state index is 0.247. The third-order valence-electron chi connectivity index (χ3n) is 4.05. The van der Waals surface area contributed by atoms with Gasteiger partial charge in [-0.1, -0.05) is 36.1 Å². The summed E-state index contributed by atoms with van der Waals surface area (Å²) in [6.45, 7) is 5.01. The molecule has 1 N–H and O–H groups in total. The van der Waals surface area contributed by atoms with Crippen molar-refractivity contribution in [2.45, 2.75) is 6.92 Å². The van der Waals surface area contributed by atoms with Gasteiger partial charge in [0.05, 0.1) is 34.8 Å². The monoisotopic (exact) mass is 412 g/mol. The summed E-state index contributed by atoms with van der Waals surface area (Å²) in [6.07, 6.45) is 2.88. The van der Waals surface area contributed by atoms with Gasteiger partial charge in [0.1, 0.15) is 5.82 Å². The average molecular weight is 412 g/mol. The zero-order chi connectivity index (χ0) is 21.0. The highest BCUT2D eigenvalue weighted by molar-refractivity contribution is 7.16. The van der Waals surface area contributed by atoms with Crippen molar-refractivity contribution in [3.8, 4) is 11.1 Å². The predicted molar refractivity (Wildman–Crippen MR) is 113 cm³/mol. The van der Waals surface area contributed by atoms with Gasteiger partial charge in [-0.2, -0.15) is 0 Å². The van der Waals surface area contributed by atoms with Crippen molar-refractivity contribution < 1.29 is 18.3 Å². The zero-order valence-corrected chi connectivity index (χ0v) is 16.6. The fraction of sp³-hybridized carbons (Fsp3) is 0.0909. The molecule has 2 aromatic carbocycles. The molecule has 0 aliphatic heterocycles. The molecule has 1 heterocycles. The van der Waals surface area contributed by atoms with E-state index >= 15 is 0 Å². The van der Waals surface area contributed by atoms with Gasteiger partial charge in [-0.3, -0.25) is 0 Å². The first kappa shape index (κ1) is 20.4. The van der Waals surface area contributed by atoms with Crippen LogP contribution in [0.1, 0.15) is 27.9 Å². The second-order valence-electron chi connectivity index (χ2n) is 6.09. The van der Waals surface area contributed by atoms with Crippen LogP contribution in [0, 0.1) is 5.82 Å². The number of hydrogen-bond acceptors (Lipinski definition) is 5. The molecule has 0 bridgehead atoms. The highest BCUT2D eigenvalue weighted by atomic mass is 32.1. The topological polar surface area (TPSA) is 51.2 Å². The zero-order valence-electron chi connectivity index (χ0n) is 15.8. The number of nitrogens with zero attached hydrogens (tertiary/aromatic N) is 1. The van der Waals surface area contributed by atoms with E-state index in [-0.39, 0.29) is 11.5 Å². The number of carbonyl (C=O) groups excluding carboxylic acids is 1. The van der Waals surface area contributed by atoms with Crippen LogP contribution in [0.3, 0.4) is 0 Å². The predicted octanol–water partition coefficient (Wildman–Crippen LogP) is 6.45. The smallest absolute Gasteiger partial charge is 0.337 e. The first-order valence-electron chi connectivity index (χ1n) is 8.63. The number of thiazole rings is 1. The Morgan fingerprint density at radius 1 is 1.21 bits per heavy atom. The summed E-state index contributed by atoms with van der Waals surface area (Å²) in [5, 5.41) is 3.35. The van der Waals surface area contributed by atoms with E-state index in [0.717, 1.165) is 5.56 Å². The molecule has 148 valence electrons.